The van der Waals surface area contributed by atoms with E-state index in [-0.39, 0.29) is 5.91 Å². The number of likely N-dealkylation sites (tertiary alicyclic amines) is 1. The minimum Gasteiger partial charge on any atom is -0.467 e. The van der Waals surface area contributed by atoms with Gasteiger partial charge in [0.05, 0.1) is 12.8 Å². The van der Waals surface area contributed by atoms with Crippen molar-refractivity contribution in [3.63, 3.8) is 0 Å². The summed E-state index contributed by atoms with van der Waals surface area (Å²) in [4.78, 5) is 24.8. The number of nitrogens with zero attached hydrogens (tertiary/aromatic N) is 3. The van der Waals surface area contributed by atoms with Gasteiger partial charge in [-0.2, -0.15) is 0 Å². The van der Waals surface area contributed by atoms with Crippen molar-refractivity contribution in [1.82, 2.24) is 19.8 Å². The number of amides is 1. The number of carbonyl (C=O) groups is 1. The molecule has 1 fully saturated rings. The van der Waals surface area contributed by atoms with Crippen LogP contribution in [0.4, 0.5) is 0 Å². The number of furan rings is 1. The van der Waals surface area contributed by atoms with Crippen LogP contribution in [0.5, 0.6) is 0 Å². The molecule has 0 bridgehead atoms. The Kier molecular flexibility index (Phi) is 6.03. The molecule has 0 unspecified atom stereocenters. The highest BCUT2D eigenvalue weighted by Crippen LogP contribution is 2.26. The molecule has 6 nitrogen and oxygen atoms in total. The third-order valence-corrected chi connectivity index (χ3v) is 6.20. The van der Waals surface area contributed by atoms with E-state index in [2.05, 4.69) is 39.1 Å². The molecule has 1 amide bonds. The lowest BCUT2D eigenvalue weighted by Crippen LogP contribution is -2.33. The fraction of sp³-hybridized carbons (Fsp3) is 0.308. The zero-order chi connectivity index (χ0) is 21.8. The average molecular weight is 429 g/mol. The molecule has 0 saturated carbocycles. The van der Waals surface area contributed by atoms with E-state index >= 15 is 0 Å². The number of rotatable bonds is 8. The topological polar surface area (TPSA) is 65.4 Å². The Labute approximate surface area is 187 Å². The molecule has 0 radical (unpaired) electrons. The first-order valence-electron chi connectivity index (χ1n) is 11.3. The van der Waals surface area contributed by atoms with Crippen LogP contribution in [0.15, 0.2) is 71.7 Å². The van der Waals surface area contributed by atoms with Gasteiger partial charge < -0.3 is 19.2 Å². The van der Waals surface area contributed by atoms with E-state index in [1.807, 2.05) is 17.2 Å². The predicted octanol–water partition coefficient (Wildman–Crippen LogP) is 4.95. The Bertz CT molecular complexity index is 1170. The minimum absolute atomic E-state index is 0.0144. The summed E-state index contributed by atoms with van der Waals surface area (Å²) < 4.78 is 5.88. The Hall–Kier alpha value is -3.38. The first-order chi connectivity index (χ1) is 15.8. The molecular weight excluding hydrogens is 400 g/mol. The lowest BCUT2D eigenvalue weighted by molar-refractivity contribution is 0.0724. The maximum atomic E-state index is 13.2. The quantitative estimate of drug-likeness (QED) is 0.431. The van der Waals surface area contributed by atoms with Crippen LogP contribution in [-0.4, -0.2) is 51.9 Å². The summed E-state index contributed by atoms with van der Waals surface area (Å²) in [6, 6.07) is 14.0. The Morgan fingerprint density at radius 3 is 2.75 bits per heavy atom. The van der Waals surface area contributed by atoms with Gasteiger partial charge in [-0.1, -0.05) is 6.07 Å². The molecule has 32 heavy (non-hydrogen) atoms. The van der Waals surface area contributed by atoms with E-state index in [9.17, 15) is 4.79 Å². The first-order valence-corrected chi connectivity index (χ1v) is 11.3. The third kappa shape index (κ3) is 4.60. The smallest absolute Gasteiger partial charge is 0.254 e. The van der Waals surface area contributed by atoms with Gasteiger partial charge in [0.15, 0.2) is 0 Å². The molecule has 164 valence electrons. The summed E-state index contributed by atoms with van der Waals surface area (Å²) in [5, 5.41) is 1.17. The summed E-state index contributed by atoms with van der Waals surface area (Å²) >= 11 is 0. The monoisotopic (exact) mass is 428 g/mol. The Morgan fingerprint density at radius 2 is 1.91 bits per heavy atom. The summed E-state index contributed by atoms with van der Waals surface area (Å²) in [5.41, 5.74) is 3.90. The van der Waals surface area contributed by atoms with Gasteiger partial charge in [-0.3, -0.25) is 9.78 Å². The number of benzene rings is 1. The Morgan fingerprint density at radius 1 is 1.06 bits per heavy atom. The lowest BCUT2D eigenvalue weighted by atomic mass is 10.1. The summed E-state index contributed by atoms with van der Waals surface area (Å²) in [6.45, 7) is 4.52. The van der Waals surface area contributed by atoms with Gasteiger partial charge in [0, 0.05) is 41.8 Å². The molecule has 6 heteroatoms. The molecular formula is C26H28N4O2. The number of pyridine rings is 1. The molecule has 4 aromatic rings. The van der Waals surface area contributed by atoms with Crippen molar-refractivity contribution in [1.29, 1.82) is 0 Å². The van der Waals surface area contributed by atoms with Gasteiger partial charge >= 0.3 is 0 Å². The number of H-pyrrole nitrogens is 1. The van der Waals surface area contributed by atoms with E-state index in [0.717, 1.165) is 35.4 Å². The second-order valence-corrected chi connectivity index (χ2v) is 8.45. The van der Waals surface area contributed by atoms with E-state index in [0.29, 0.717) is 18.7 Å². The van der Waals surface area contributed by atoms with Crippen molar-refractivity contribution in [2.24, 2.45) is 0 Å². The normalized spacial score (nSPS) is 14.2. The zero-order valence-electron chi connectivity index (χ0n) is 18.2. The summed E-state index contributed by atoms with van der Waals surface area (Å²) in [5.74, 6) is 0.804. The van der Waals surface area contributed by atoms with Crippen LogP contribution in [0.3, 0.4) is 0 Å². The predicted molar refractivity (Wildman–Crippen MR) is 125 cm³/mol. The Balaban J connectivity index is 1.31. The van der Waals surface area contributed by atoms with E-state index < -0.39 is 0 Å². The molecule has 5 rings (SSSR count). The van der Waals surface area contributed by atoms with E-state index in [1.54, 1.807) is 30.8 Å². The standard InChI is InChI=1S/C26H28N4O2/c31-26(20-6-9-27-10-7-20)30(15-3-14-29-12-1-2-13-29)18-24-17-23(19-32-24)21-4-5-25-22(16-21)8-11-28-25/h4-11,16-17,19,28H,1-3,12-15,18H2. The van der Waals surface area contributed by atoms with Crippen molar-refractivity contribution in [2.75, 3.05) is 26.2 Å². The highest BCUT2D eigenvalue weighted by atomic mass is 16.3. The van der Waals surface area contributed by atoms with Crippen LogP contribution < -0.4 is 0 Å². The molecule has 1 aliphatic rings. The molecule has 0 aliphatic carbocycles. The zero-order valence-corrected chi connectivity index (χ0v) is 18.2. The van der Waals surface area contributed by atoms with Crippen LogP contribution in [0, 0.1) is 0 Å². The van der Waals surface area contributed by atoms with Crippen molar-refractivity contribution in [3.8, 4) is 11.1 Å². The molecule has 0 atom stereocenters. The highest BCUT2D eigenvalue weighted by Gasteiger charge is 2.19. The second kappa shape index (κ2) is 9.40. The van der Waals surface area contributed by atoms with Crippen LogP contribution in [0.25, 0.3) is 22.0 Å². The van der Waals surface area contributed by atoms with Gasteiger partial charge in [0.1, 0.15) is 5.76 Å². The number of fused-ring (bicyclic) bond motifs is 1. The largest absolute Gasteiger partial charge is 0.467 e. The SMILES string of the molecule is O=C(c1ccncc1)N(CCCN1CCCC1)Cc1cc(-c2ccc3[nH]ccc3c2)co1. The van der Waals surface area contributed by atoms with Gasteiger partial charge in [-0.25, -0.2) is 0 Å². The van der Waals surface area contributed by atoms with Crippen LogP contribution in [0.1, 0.15) is 35.4 Å². The first kappa shape index (κ1) is 20.5. The van der Waals surface area contributed by atoms with E-state index in [4.69, 9.17) is 4.42 Å². The minimum atomic E-state index is 0.0144. The third-order valence-electron chi connectivity index (χ3n) is 6.20. The van der Waals surface area contributed by atoms with Crippen LogP contribution in [-0.2, 0) is 6.54 Å². The lowest BCUT2D eigenvalue weighted by Gasteiger charge is -2.23. The molecule has 1 saturated heterocycles. The van der Waals surface area contributed by atoms with Gasteiger partial charge in [-0.15, -0.1) is 0 Å². The van der Waals surface area contributed by atoms with Crippen molar-refractivity contribution >= 4 is 16.8 Å². The van der Waals surface area contributed by atoms with Crippen LogP contribution >= 0.6 is 0 Å². The number of aromatic nitrogens is 2. The molecule has 3 aromatic heterocycles. The van der Waals surface area contributed by atoms with Gasteiger partial charge in [0.25, 0.3) is 5.91 Å². The molecule has 0 spiro atoms. The van der Waals surface area contributed by atoms with E-state index in [1.165, 1.54) is 31.3 Å². The van der Waals surface area contributed by atoms with Crippen molar-refractivity contribution < 1.29 is 9.21 Å². The van der Waals surface area contributed by atoms with Crippen molar-refractivity contribution in [2.45, 2.75) is 25.8 Å². The molecule has 4 heterocycles. The average Bonchev–Trinajstić information content (AvgIpc) is 3.60. The number of nitrogens with one attached hydrogen (secondary N) is 1. The number of aromatic amines is 1. The maximum absolute atomic E-state index is 13.2. The van der Waals surface area contributed by atoms with Gasteiger partial charge in [-0.05, 0) is 86.2 Å². The van der Waals surface area contributed by atoms with Crippen molar-refractivity contribution in [3.05, 3.63) is 78.6 Å². The second-order valence-electron chi connectivity index (χ2n) is 8.45. The fourth-order valence-corrected chi connectivity index (χ4v) is 4.46. The fourth-order valence-electron chi connectivity index (χ4n) is 4.46. The van der Waals surface area contributed by atoms with Gasteiger partial charge in [0.2, 0.25) is 0 Å². The number of hydrogen-bond acceptors (Lipinski definition) is 4. The number of hydrogen-bond donors (Lipinski definition) is 1. The molecule has 1 aromatic carbocycles. The highest BCUT2D eigenvalue weighted by molar-refractivity contribution is 5.94. The summed E-state index contributed by atoms with van der Waals surface area (Å²) in [6.07, 6.45) is 10.6. The molecule has 1 aliphatic heterocycles. The number of carbonyl (C=O) groups excluding carboxylic acids is 1. The maximum Gasteiger partial charge on any atom is 0.254 e. The molecule has 1 N–H and O–H groups in total. The van der Waals surface area contributed by atoms with Crippen LogP contribution in [0.2, 0.25) is 0 Å². The summed E-state index contributed by atoms with van der Waals surface area (Å²) in [7, 11) is 0.